The zero-order valence-electron chi connectivity index (χ0n) is 13.9. The van der Waals surface area contributed by atoms with Gasteiger partial charge in [0.05, 0.1) is 18.8 Å². The van der Waals surface area contributed by atoms with Gasteiger partial charge in [-0.1, -0.05) is 6.92 Å². The highest BCUT2D eigenvalue weighted by Crippen LogP contribution is 2.30. The minimum atomic E-state index is -0.570. The largest absolute Gasteiger partial charge is 0.484 e. The number of ether oxygens (including phenoxy) is 2. The van der Waals surface area contributed by atoms with Crippen LogP contribution in [0.5, 0.6) is 5.75 Å². The molecule has 0 radical (unpaired) electrons. The van der Waals surface area contributed by atoms with Gasteiger partial charge in [0.15, 0.2) is 0 Å². The van der Waals surface area contributed by atoms with Gasteiger partial charge in [-0.25, -0.2) is 4.79 Å². The molecular weight excluding hydrogens is 284 g/mol. The first kappa shape index (κ1) is 16.4. The van der Waals surface area contributed by atoms with Crippen LogP contribution in [0.15, 0.2) is 16.9 Å². The van der Waals surface area contributed by atoms with Crippen LogP contribution in [0.1, 0.15) is 46.7 Å². The maximum absolute atomic E-state index is 12.4. The SMILES string of the molecule is CC[C@]1(C)CN(C(=O)OC(C)(C)C)Cc2[nH]c(=O)ccc2O1. The fraction of sp³-hybridized carbons (Fsp3) is 0.625. The molecule has 6 nitrogen and oxygen atoms in total. The quantitative estimate of drug-likeness (QED) is 0.866. The Labute approximate surface area is 130 Å². The van der Waals surface area contributed by atoms with E-state index in [1.165, 1.54) is 6.07 Å². The fourth-order valence-electron chi connectivity index (χ4n) is 2.30. The van der Waals surface area contributed by atoms with Crippen molar-refractivity contribution in [3.05, 3.63) is 28.2 Å². The summed E-state index contributed by atoms with van der Waals surface area (Å²) in [4.78, 5) is 28.3. The lowest BCUT2D eigenvalue weighted by Gasteiger charge is -2.33. The summed E-state index contributed by atoms with van der Waals surface area (Å²) in [7, 11) is 0. The molecular formula is C16H24N2O4. The number of aromatic nitrogens is 1. The van der Waals surface area contributed by atoms with Crippen LogP contribution in [0.3, 0.4) is 0 Å². The number of hydrogen-bond acceptors (Lipinski definition) is 4. The van der Waals surface area contributed by atoms with Crippen LogP contribution in [-0.2, 0) is 11.3 Å². The van der Waals surface area contributed by atoms with E-state index in [0.717, 1.165) is 6.42 Å². The molecule has 22 heavy (non-hydrogen) atoms. The number of carbonyl (C=O) groups excluding carboxylic acids is 1. The Hall–Kier alpha value is -1.98. The molecule has 1 aromatic rings. The second kappa shape index (κ2) is 5.66. The minimum absolute atomic E-state index is 0.216. The second-order valence-electron chi connectivity index (χ2n) is 6.91. The summed E-state index contributed by atoms with van der Waals surface area (Å²) in [6.45, 7) is 10.1. The number of carbonyl (C=O) groups is 1. The minimum Gasteiger partial charge on any atom is -0.484 e. The maximum Gasteiger partial charge on any atom is 0.410 e. The number of nitrogens with zero attached hydrogens (tertiary/aromatic N) is 1. The van der Waals surface area contributed by atoms with E-state index in [2.05, 4.69) is 4.98 Å². The maximum atomic E-state index is 12.4. The highest BCUT2D eigenvalue weighted by atomic mass is 16.6. The van der Waals surface area contributed by atoms with Gasteiger partial charge in [0, 0.05) is 6.07 Å². The van der Waals surface area contributed by atoms with Crippen molar-refractivity contribution in [1.29, 1.82) is 0 Å². The van der Waals surface area contributed by atoms with Gasteiger partial charge >= 0.3 is 6.09 Å². The van der Waals surface area contributed by atoms with Gasteiger partial charge in [0.1, 0.15) is 17.0 Å². The van der Waals surface area contributed by atoms with E-state index >= 15 is 0 Å². The molecule has 0 aliphatic carbocycles. The summed E-state index contributed by atoms with van der Waals surface area (Å²) in [5, 5.41) is 0. The van der Waals surface area contributed by atoms with E-state index in [0.29, 0.717) is 18.0 Å². The Morgan fingerprint density at radius 2 is 2.14 bits per heavy atom. The number of amides is 1. The molecule has 0 bridgehead atoms. The van der Waals surface area contributed by atoms with E-state index in [-0.39, 0.29) is 12.1 Å². The van der Waals surface area contributed by atoms with Crippen LogP contribution in [0.4, 0.5) is 4.79 Å². The molecule has 0 saturated carbocycles. The zero-order valence-corrected chi connectivity index (χ0v) is 13.9. The Bertz CT molecular complexity index is 617. The molecule has 1 aromatic heterocycles. The summed E-state index contributed by atoms with van der Waals surface area (Å²) >= 11 is 0. The van der Waals surface area contributed by atoms with Crippen LogP contribution < -0.4 is 10.3 Å². The van der Waals surface area contributed by atoms with Crippen molar-refractivity contribution in [3.63, 3.8) is 0 Å². The number of aromatic amines is 1. The van der Waals surface area contributed by atoms with Crippen molar-refractivity contribution in [1.82, 2.24) is 9.88 Å². The summed E-state index contributed by atoms with van der Waals surface area (Å²) < 4.78 is 11.5. The van der Waals surface area contributed by atoms with Crippen molar-refractivity contribution in [3.8, 4) is 5.75 Å². The molecule has 6 heteroatoms. The van der Waals surface area contributed by atoms with Crippen molar-refractivity contribution < 1.29 is 14.3 Å². The molecule has 0 fully saturated rings. The van der Waals surface area contributed by atoms with Gasteiger partial charge in [-0.15, -0.1) is 0 Å². The van der Waals surface area contributed by atoms with E-state index in [4.69, 9.17) is 9.47 Å². The Morgan fingerprint density at radius 3 is 2.73 bits per heavy atom. The van der Waals surface area contributed by atoms with Crippen molar-refractivity contribution in [2.75, 3.05) is 6.54 Å². The lowest BCUT2D eigenvalue weighted by molar-refractivity contribution is 0.00255. The van der Waals surface area contributed by atoms with Gasteiger partial charge in [0.2, 0.25) is 5.56 Å². The number of hydrogen-bond donors (Lipinski definition) is 1. The number of fused-ring (bicyclic) bond motifs is 1. The fourth-order valence-corrected chi connectivity index (χ4v) is 2.30. The molecule has 0 saturated heterocycles. The van der Waals surface area contributed by atoms with E-state index in [1.54, 1.807) is 11.0 Å². The molecule has 122 valence electrons. The van der Waals surface area contributed by atoms with Crippen LogP contribution >= 0.6 is 0 Å². The smallest absolute Gasteiger partial charge is 0.410 e. The van der Waals surface area contributed by atoms with Crippen LogP contribution in [0.2, 0.25) is 0 Å². The van der Waals surface area contributed by atoms with Crippen LogP contribution in [0.25, 0.3) is 0 Å². The average Bonchev–Trinajstić information content (AvgIpc) is 2.53. The number of rotatable bonds is 1. The van der Waals surface area contributed by atoms with Gasteiger partial charge in [0.25, 0.3) is 0 Å². The van der Waals surface area contributed by atoms with E-state index < -0.39 is 17.3 Å². The van der Waals surface area contributed by atoms with Gasteiger partial charge in [-0.2, -0.15) is 0 Å². The first-order valence-electron chi connectivity index (χ1n) is 7.51. The van der Waals surface area contributed by atoms with Crippen molar-refractivity contribution in [2.24, 2.45) is 0 Å². The van der Waals surface area contributed by atoms with Crippen molar-refractivity contribution >= 4 is 6.09 Å². The predicted molar refractivity (Wildman–Crippen MR) is 83.0 cm³/mol. The molecule has 2 heterocycles. The lowest BCUT2D eigenvalue weighted by atomic mass is 10.0. The van der Waals surface area contributed by atoms with Crippen LogP contribution in [-0.4, -0.2) is 33.7 Å². The number of pyridine rings is 1. The lowest BCUT2D eigenvalue weighted by Crippen LogP contribution is -2.46. The molecule has 0 spiro atoms. The van der Waals surface area contributed by atoms with Gasteiger partial charge in [-0.05, 0) is 40.2 Å². The second-order valence-corrected chi connectivity index (χ2v) is 6.91. The highest BCUT2D eigenvalue weighted by Gasteiger charge is 2.36. The average molecular weight is 308 g/mol. The Balaban J connectivity index is 2.35. The van der Waals surface area contributed by atoms with Gasteiger partial charge < -0.3 is 14.5 Å². The summed E-state index contributed by atoms with van der Waals surface area (Å²) in [6.07, 6.45) is 0.318. The highest BCUT2D eigenvalue weighted by molar-refractivity contribution is 5.68. The third-order valence-electron chi connectivity index (χ3n) is 3.59. The molecule has 1 amide bonds. The van der Waals surface area contributed by atoms with Gasteiger partial charge in [-0.3, -0.25) is 9.69 Å². The number of nitrogens with one attached hydrogen (secondary N) is 1. The number of H-pyrrole nitrogens is 1. The monoisotopic (exact) mass is 308 g/mol. The van der Waals surface area contributed by atoms with Crippen molar-refractivity contribution in [2.45, 2.75) is 58.8 Å². The Kier molecular flexibility index (Phi) is 4.22. The Morgan fingerprint density at radius 1 is 1.45 bits per heavy atom. The molecule has 0 unspecified atom stereocenters. The molecule has 0 aromatic carbocycles. The predicted octanol–water partition coefficient (Wildman–Crippen LogP) is 2.67. The third kappa shape index (κ3) is 3.81. The molecule has 1 aliphatic rings. The third-order valence-corrected chi connectivity index (χ3v) is 3.59. The summed E-state index contributed by atoms with van der Waals surface area (Å²) in [6, 6.07) is 3.08. The normalized spacial score (nSPS) is 21.6. The molecule has 1 N–H and O–H groups in total. The standard InChI is InChI=1S/C16H24N2O4/c1-6-16(5)10-18(14(20)22-15(2,3)4)9-11-12(21-16)7-8-13(19)17-11/h7-8H,6,9-10H2,1-5H3,(H,17,19)/t16-/m1/s1. The first-order valence-corrected chi connectivity index (χ1v) is 7.51. The molecule has 1 atom stereocenters. The summed E-state index contributed by atoms with van der Waals surface area (Å²) in [5.74, 6) is 0.606. The molecule has 1 aliphatic heterocycles. The van der Waals surface area contributed by atoms with E-state index in [1.807, 2.05) is 34.6 Å². The zero-order chi connectivity index (χ0) is 16.5. The first-order chi connectivity index (χ1) is 10.1. The van der Waals surface area contributed by atoms with E-state index in [9.17, 15) is 9.59 Å². The molecule has 2 rings (SSSR count). The summed E-state index contributed by atoms with van der Waals surface area (Å²) in [5.41, 5.74) is -0.720. The topological polar surface area (TPSA) is 71.6 Å². The van der Waals surface area contributed by atoms with Crippen LogP contribution in [0, 0.1) is 0 Å².